The summed E-state index contributed by atoms with van der Waals surface area (Å²) in [4.78, 5) is 32.7. The van der Waals surface area contributed by atoms with Crippen LogP contribution in [0.5, 0.6) is 0 Å². The van der Waals surface area contributed by atoms with Crippen LogP contribution < -0.4 is 16.4 Å². The molecule has 1 rings (SSSR count). The summed E-state index contributed by atoms with van der Waals surface area (Å²) in [6, 6.07) is -1.86. The molecule has 0 aromatic carbocycles. The third kappa shape index (κ3) is 6.07. The van der Waals surface area contributed by atoms with Gasteiger partial charge in [-0.05, 0) is 18.8 Å². The van der Waals surface area contributed by atoms with Crippen LogP contribution in [0.2, 0.25) is 0 Å². The lowest BCUT2D eigenvalue weighted by Gasteiger charge is -2.13. The number of carboxylic acid groups (broad SMARTS) is 1. The molecule has 0 radical (unpaired) electrons. The Morgan fingerprint density at radius 3 is 2.50 bits per heavy atom. The van der Waals surface area contributed by atoms with Crippen molar-refractivity contribution < 1.29 is 19.5 Å². The molecule has 1 aliphatic rings. The molecule has 0 saturated heterocycles. The summed E-state index contributed by atoms with van der Waals surface area (Å²) >= 11 is 0. The monoisotopic (exact) mass is 257 g/mol. The van der Waals surface area contributed by atoms with E-state index >= 15 is 0 Å². The number of nitrogens with one attached hydrogen (secondary N) is 2. The highest BCUT2D eigenvalue weighted by Crippen LogP contribution is 2.33. The fourth-order valence-corrected chi connectivity index (χ4v) is 1.61. The second kappa shape index (κ2) is 6.83. The van der Waals surface area contributed by atoms with Crippen molar-refractivity contribution in [3.05, 3.63) is 0 Å². The Labute approximate surface area is 105 Å². The van der Waals surface area contributed by atoms with Gasteiger partial charge in [0.15, 0.2) is 0 Å². The van der Waals surface area contributed by atoms with Gasteiger partial charge >= 0.3 is 12.0 Å². The molecular formula is C11H19N3O4. The molecule has 1 aliphatic carbocycles. The summed E-state index contributed by atoms with van der Waals surface area (Å²) in [5.74, 6) is -1.24. The predicted molar refractivity (Wildman–Crippen MR) is 63.7 cm³/mol. The first kappa shape index (κ1) is 14.3. The largest absolute Gasteiger partial charge is 0.480 e. The number of carbonyl (C=O) groups excluding carboxylic acids is 2. The standard InChI is InChI=1S/C11H19N3O4/c12-9(15)6-8(10(16)17)14-11(18)13-5-1-2-7-3-4-7/h7-8H,1-6H2,(H2,12,15)(H,16,17)(H2,13,14,18). The molecular weight excluding hydrogens is 238 g/mol. The van der Waals surface area contributed by atoms with Gasteiger partial charge in [-0.2, -0.15) is 0 Å². The number of carboxylic acids is 1. The first-order valence-electron chi connectivity index (χ1n) is 6.04. The van der Waals surface area contributed by atoms with E-state index in [1.54, 1.807) is 0 Å². The molecule has 0 heterocycles. The van der Waals surface area contributed by atoms with Gasteiger partial charge in [-0.15, -0.1) is 0 Å². The van der Waals surface area contributed by atoms with Crippen LogP contribution in [0, 0.1) is 5.92 Å². The first-order valence-corrected chi connectivity index (χ1v) is 6.04. The zero-order chi connectivity index (χ0) is 13.5. The number of rotatable bonds is 8. The highest BCUT2D eigenvalue weighted by Gasteiger charge is 2.22. The number of carbonyl (C=O) groups is 3. The van der Waals surface area contributed by atoms with Crippen molar-refractivity contribution in [2.45, 2.75) is 38.1 Å². The zero-order valence-corrected chi connectivity index (χ0v) is 10.1. The average Bonchev–Trinajstić information content (AvgIpc) is 3.06. The van der Waals surface area contributed by atoms with Crippen molar-refractivity contribution in [1.29, 1.82) is 0 Å². The molecule has 3 amide bonds. The van der Waals surface area contributed by atoms with E-state index in [2.05, 4.69) is 10.6 Å². The van der Waals surface area contributed by atoms with Gasteiger partial charge in [-0.3, -0.25) is 4.79 Å². The van der Waals surface area contributed by atoms with Crippen LogP contribution >= 0.6 is 0 Å². The van der Waals surface area contributed by atoms with Crippen molar-refractivity contribution in [2.75, 3.05) is 6.54 Å². The van der Waals surface area contributed by atoms with Crippen molar-refractivity contribution in [1.82, 2.24) is 10.6 Å². The first-order chi connectivity index (χ1) is 8.49. The molecule has 1 unspecified atom stereocenters. The molecule has 0 aliphatic heterocycles. The smallest absolute Gasteiger partial charge is 0.326 e. The summed E-state index contributed by atoms with van der Waals surface area (Å²) in [7, 11) is 0. The molecule has 1 saturated carbocycles. The quantitative estimate of drug-likeness (QED) is 0.450. The molecule has 0 spiro atoms. The molecule has 1 fully saturated rings. The van der Waals surface area contributed by atoms with Crippen LogP contribution in [-0.4, -0.2) is 35.6 Å². The number of aliphatic carboxylic acids is 1. The maximum absolute atomic E-state index is 11.4. The number of urea groups is 1. The minimum Gasteiger partial charge on any atom is -0.480 e. The van der Waals surface area contributed by atoms with E-state index < -0.39 is 30.4 Å². The number of primary amides is 1. The Hall–Kier alpha value is -1.79. The van der Waals surface area contributed by atoms with Crippen molar-refractivity contribution >= 4 is 17.9 Å². The van der Waals surface area contributed by atoms with Gasteiger partial charge in [0.25, 0.3) is 0 Å². The fourth-order valence-electron chi connectivity index (χ4n) is 1.61. The molecule has 5 N–H and O–H groups in total. The minimum atomic E-state index is -1.28. The Balaban J connectivity index is 2.17. The van der Waals surface area contributed by atoms with Crippen molar-refractivity contribution in [3.8, 4) is 0 Å². The van der Waals surface area contributed by atoms with Gasteiger partial charge in [0.2, 0.25) is 5.91 Å². The Morgan fingerprint density at radius 1 is 1.33 bits per heavy atom. The summed E-state index contributed by atoms with van der Waals surface area (Å²) < 4.78 is 0. The molecule has 7 nitrogen and oxygen atoms in total. The normalized spacial score (nSPS) is 15.8. The van der Waals surface area contributed by atoms with Crippen molar-refractivity contribution in [3.63, 3.8) is 0 Å². The lowest BCUT2D eigenvalue weighted by Crippen LogP contribution is -2.47. The predicted octanol–water partition coefficient (Wildman–Crippen LogP) is -0.196. The maximum atomic E-state index is 11.4. The summed E-state index contributed by atoms with van der Waals surface area (Å²) in [6.07, 6.45) is 4.10. The summed E-state index contributed by atoms with van der Waals surface area (Å²) in [6.45, 7) is 0.505. The van der Waals surface area contributed by atoms with Crippen molar-refractivity contribution in [2.24, 2.45) is 11.7 Å². The second-order valence-electron chi connectivity index (χ2n) is 4.55. The van der Waals surface area contributed by atoms with Gasteiger partial charge in [0, 0.05) is 6.54 Å². The fraction of sp³-hybridized carbons (Fsp3) is 0.727. The van der Waals surface area contributed by atoms with E-state index in [9.17, 15) is 14.4 Å². The van der Waals surface area contributed by atoms with E-state index in [0.717, 1.165) is 18.8 Å². The van der Waals surface area contributed by atoms with E-state index in [1.807, 2.05) is 0 Å². The Kier molecular flexibility index (Phi) is 5.41. The molecule has 18 heavy (non-hydrogen) atoms. The van der Waals surface area contributed by atoms with Gasteiger partial charge in [0.05, 0.1) is 6.42 Å². The Morgan fingerprint density at radius 2 is 2.00 bits per heavy atom. The molecule has 1 atom stereocenters. The molecule has 0 aromatic heterocycles. The van der Waals surface area contributed by atoms with Crippen LogP contribution in [0.15, 0.2) is 0 Å². The molecule has 0 aromatic rings. The molecule has 7 heteroatoms. The van der Waals surface area contributed by atoms with Gasteiger partial charge in [0.1, 0.15) is 6.04 Å². The van der Waals surface area contributed by atoms with Crippen LogP contribution in [0.1, 0.15) is 32.1 Å². The second-order valence-corrected chi connectivity index (χ2v) is 4.55. The topological polar surface area (TPSA) is 122 Å². The third-order valence-corrected chi connectivity index (χ3v) is 2.78. The number of nitrogens with two attached hydrogens (primary N) is 1. The highest BCUT2D eigenvalue weighted by atomic mass is 16.4. The summed E-state index contributed by atoms with van der Waals surface area (Å²) in [5.41, 5.74) is 4.89. The van der Waals surface area contributed by atoms with E-state index in [0.29, 0.717) is 6.54 Å². The minimum absolute atomic E-state index is 0.412. The van der Waals surface area contributed by atoms with E-state index in [1.165, 1.54) is 12.8 Å². The maximum Gasteiger partial charge on any atom is 0.326 e. The van der Waals surface area contributed by atoms with E-state index in [4.69, 9.17) is 10.8 Å². The lowest BCUT2D eigenvalue weighted by atomic mass is 10.2. The number of hydrogen-bond donors (Lipinski definition) is 4. The highest BCUT2D eigenvalue weighted by molar-refractivity contribution is 5.87. The number of hydrogen-bond acceptors (Lipinski definition) is 3. The van der Waals surface area contributed by atoms with Gasteiger partial charge in [-0.25, -0.2) is 9.59 Å². The van der Waals surface area contributed by atoms with Crippen LogP contribution in [-0.2, 0) is 9.59 Å². The third-order valence-electron chi connectivity index (χ3n) is 2.78. The zero-order valence-electron chi connectivity index (χ0n) is 10.1. The van der Waals surface area contributed by atoms with Gasteiger partial charge in [-0.1, -0.05) is 12.8 Å². The van der Waals surface area contributed by atoms with Crippen LogP contribution in [0.25, 0.3) is 0 Å². The SMILES string of the molecule is NC(=O)CC(NC(=O)NCCCC1CC1)C(=O)O. The van der Waals surface area contributed by atoms with Crippen LogP contribution in [0.4, 0.5) is 4.79 Å². The summed E-state index contributed by atoms with van der Waals surface area (Å²) in [5, 5.41) is 13.5. The number of amides is 3. The lowest BCUT2D eigenvalue weighted by molar-refractivity contribution is -0.140. The average molecular weight is 257 g/mol. The van der Waals surface area contributed by atoms with Crippen LogP contribution in [0.3, 0.4) is 0 Å². The van der Waals surface area contributed by atoms with Gasteiger partial charge < -0.3 is 21.5 Å². The molecule has 0 bridgehead atoms. The molecule has 102 valence electrons. The Bertz CT molecular complexity index is 328. The van der Waals surface area contributed by atoms with E-state index in [-0.39, 0.29) is 0 Å².